The van der Waals surface area contributed by atoms with Crippen LogP contribution in [0.3, 0.4) is 0 Å². The number of aliphatic hydroxyl groups is 2. The van der Waals surface area contributed by atoms with Crippen molar-refractivity contribution < 1.29 is 19.7 Å². The fraction of sp³-hybridized carbons (Fsp3) is 0.455. The Morgan fingerprint density at radius 2 is 2.00 bits per heavy atom. The van der Waals surface area contributed by atoms with E-state index in [0.29, 0.717) is 22.1 Å². The maximum atomic E-state index is 9.96. The molecule has 0 bridgehead atoms. The van der Waals surface area contributed by atoms with Crippen LogP contribution in [0, 0.1) is 0 Å². The van der Waals surface area contributed by atoms with Gasteiger partial charge >= 0.3 is 0 Å². The van der Waals surface area contributed by atoms with Gasteiger partial charge in [-0.2, -0.15) is 0 Å². The summed E-state index contributed by atoms with van der Waals surface area (Å²) in [6.07, 6.45) is -2.00. The second-order valence-electron chi connectivity index (χ2n) is 3.80. The molecule has 6 heteroatoms. The molecule has 0 spiro atoms. The number of aliphatic hydroxyl groups excluding tert-OH is 2. The van der Waals surface area contributed by atoms with Crippen molar-refractivity contribution in [2.45, 2.75) is 12.2 Å². The Hall–Kier alpha value is -1.01. The number of rotatable bonds is 4. The first-order valence-electron chi connectivity index (χ1n) is 5.23. The van der Waals surface area contributed by atoms with E-state index in [1.54, 1.807) is 19.2 Å². The monoisotopic (exact) mass is 259 g/mol. The Kier molecular flexibility index (Phi) is 3.73. The minimum atomic E-state index is -1.07. The van der Waals surface area contributed by atoms with E-state index in [1.165, 1.54) is 0 Å². The van der Waals surface area contributed by atoms with E-state index in [2.05, 4.69) is 5.32 Å². The minimum Gasteiger partial charge on any atom is -0.454 e. The Morgan fingerprint density at radius 3 is 2.65 bits per heavy atom. The van der Waals surface area contributed by atoms with Crippen LogP contribution in [-0.2, 0) is 0 Å². The molecule has 1 heterocycles. The molecular weight excluding hydrogens is 246 g/mol. The summed E-state index contributed by atoms with van der Waals surface area (Å²) >= 11 is 6.02. The average Bonchev–Trinajstić information content (AvgIpc) is 2.74. The number of halogens is 1. The first-order valence-corrected chi connectivity index (χ1v) is 5.61. The smallest absolute Gasteiger partial charge is 0.231 e. The molecule has 0 radical (unpaired) electrons. The van der Waals surface area contributed by atoms with Crippen molar-refractivity contribution >= 4 is 11.6 Å². The molecule has 17 heavy (non-hydrogen) atoms. The van der Waals surface area contributed by atoms with Crippen LogP contribution in [0.2, 0.25) is 5.02 Å². The van der Waals surface area contributed by atoms with E-state index >= 15 is 0 Å². The molecule has 5 nitrogen and oxygen atoms in total. The molecule has 1 aliphatic rings. The van der Waals surface area contributed by atoms with Gasteiger partial charge in [-0.05, 0) is 13.1 Å². The van der Waals surface area contributed by atoms with Gasteiger partial charge < -0.3 is 25.0 Å². The van der Waals surface area contributed by atoms with Crippen LogP contribution in [0.1, 0.15) is 11.7 Å². The predicted octanol–water partition coefficient (Wildman–Crippen LogP) is 0.682. The predicted molar refractivity (Wildman–Crippen MR) is 62.5 cm³/mol. The lowest BCUT2D eigenvalue weighted by Crippen LogP contribution is -2.29. The molecular formula is C11H14ClNO4. The molecule has 2 atom stereocenters. The van der Waals surface area contributed by atoms with Gasteiger partial charge in [-0.15, -0.1) is 0 Å². The van der Waals surface area contributed by atoms with Crippen molar-refractivity contribution in [1.82, 2.24) is 5.32 Å². The molecule has 94 valence electrons. The number of nitrogens with one attached hydrogen (secondary N) is 1. The first-order chi connectivity index (χ1) is 8.13. The molecule has 3 N–H and O–H groups in total. The summed E-state index contributed by atoms with van der Waals surface area (Å²) in [5.74, 6) is 1.08. The van der Waals surface area contributed by atoms with E-state index < -0.39 is 12.2 Å². The van der Waals surface area contributed by atoms with E-state index in [4.69, 9.17) is 21.1 Å². The van der Waals surface area contributed by atoms with Crippen LogP contribution in [0.15, 0.2) is 12.1 Å². The molecule has 0 saturated carbocycles. The standard InChI is InChI=1S/C11H14ClNO4/c1-13-4-8(14)11(15)6-2-9-10(3-7(6)12)17-5-16-9/h2-3,8,11,13-15H,4-5H2,1H3. The van der Waals surface area contributed by atoms with Crippen molar-refractivity contribution in [2.75, 3.05) is 20.4 Å². The first kappa shape index (κ1) is 12.4. The van der Waals surface area contributed by atoms with Gasteiger partial charge in [-0.1, -0.05) is 11.6 Å². The summed E-state index contributed by atoms with van der Waals surface area (Å²) in [5.41, 5.74) is 0.429. The van der Waals surface area contributed by atoms with Gasteiger partial charge in [0.2, 0.25) is 6.79 Å². The number of hydrogen-bond acceptors (Lipinski definition) is 5. The highest BCUT2D eigenvalue weighted by Gasteiger charge is 2.24. The summed E-state index contributed by atoms with van der Waals surface area (Å²) < 4.78 is 10.4. The van der Waals surface area contributed by atoms with Gasteiger partial charge in [0, 0.05) is 18.2 Å². The zero-order valence-electron chi connectivity index (χ0n) is 9.31. The maximum Gasteiger partial charge on any atom is 0.231 e. The minimum absolute atomic E-state index is 0.143. The Morgan fingerprint density at radius 1 is 1.35 bits per heavy atom. The topological polar surface area (TPSA) is 71.0 Å². The highest BCUT2D eigenvalue weighted by Crippen LogP contribution is 2.39. The number of ether oxygens (including phenoxy) is 2. The molecule has 0 aromatic heterocycles. The fourth-order valence-corrected chi connectivity index (χ4v) is 1.95. The van der Waals surface area contributed by atoms with Crippen molar-refractivity contribution in [3.05, 3.63) is 22.7 Å². The molecule has 1 aliphatic heterocycles. The summed E-state index contributed by atoms with van der Waals surface area (Å²) in [4.78, 5) is 0. The number of fused-ring (bicyclic) bond motifs is 1. The third-order valence-corrected chi connectivity index (χ3v) is 2.92. The van der Waals surface area contributed by atoms with Crippen molar-refractivity contribution in [1.29, 1.82) is 0 Å². The summed E-state index contributed by atoms with van der Waals surface area (Å²) in [5, 5.41) is 22.8. The normalized spacial score (nSPS) is 16.9. The lowest BCUT2D eigenvalue weighted by atomic mass is 10.0. The van der Waals surface area contributed by atoms with Crippen LogP contribution in [0.5, 0.6) is 11.5 Å². The number of benzene rings is 1. The average molecular weight is 260 g/mol. The third-order valence-electron chi connectivity index (χ3n) is 2.59. The molecule has 1 aromatic carbocycles. The summed E-state index contributed by atoms with van der Waals surface area (Å²) in [7, 11) is 1.69. The van der Waals surface area contributed by atoms with Crippen molar-refractivity contribution in [2.24, 2.45) is 0 Å². The SMILES string of the molecule is CNCC(O)C(O)c1cc2c(cc1Cl)OCO2. The van der Waals surface area contributed by atoms with Crippen LogP contribution in [-0.4, -0.2) is 36.7 Å². The van der Waals surface area contributed by atoms with Crippen LogP contribution in [0.25, 0.3) is 0 Å². The summed E-state index contributed by atoms with van der Waals surface area (Å²) in [6, 6.07) is 3.17. The van der Waals surface area contributed by atoms with E-state index in [0.717, 1.165) is 0 Å². The van der Waals surface area contributed by atoms with Gasteiger partial charge in [0.05, 0.1) is 11.1 Å². The molecule has 0 fully saturated rings. The van der Waals surface area contributed by atoms with Gasteiger partial charge in [0.15, 0.2) is 11.5 Å². The quantitative estimate of drug-likeness (QED) is 0.742. The molecule has 0 aliphatic carbocycles. The van der Waals surface area contributed by atoms with Crippen molar-refractivity contribution in [3.63, 3.8) is 0 Å². The molecule has 2 rings (SSSR count). The molecule has 0 saturated heterocycles. The fourth-order valence-electron chi connectivity index (χ4n) is 1.69. The lowest BCUT2D eigenvalue weighted by Gasteiger charge is -2.19. The second-order valence-corrected chi connectivity index (χ2v) is 4.20. The Labute approximate surface area is 104 Å². The Balaban J connectivity index is 2.26. The highest BCUT2D eigenvalue weighted by molar-refractivity contribution is 6.31. The zero-order valence-corrected chi connectivity index (χ0v) is 10.1. The maximum absolute atomic E-state index is 9.96. The molecule has 2 unspecified atom stereocenters. The van der Waals surface area contributed by atoms with Gasteiger partial charge in [0.25, 0.3) is 0 Å². The lowest BCUT2D eigenvalue weighted by molar-refractivity contribution is 0.0202. The Bertz CT molecular complexity index is 413. The zero-order chi connectivity index (χ0) is 12.4. The van der Waals surface area contributed by atoms with E-state index in [9.17, 15) is 10.2 Å². The van der Waals surface area contributed by atoms with Gasteiger partial charge in [-0.3, -0.25) is 0 Å². The second kappa shape index (κ2) is 5.10. The molecule has 0 amide bonds. The van der Waals surface area contributed by atoms with Crippen LogP contribution < -0.4 is 14.8 Å². The third kappa shape index (κ3) is 2.47. The largest absolute Gasteiger partial charge is 0.454 e. The number of hydrogen-bond donors (Lipinski definition) is 3. The number of likely N-dealkylation sites (N-methyl/N-ethyl adjacent to an activating group) is 1. The van der Waals surface area contributed by atoms with Crippen LogP contribution in [0.4, 0.5) is 0 Å². The van der Waals surface area contributed by atoms with E-state index in [1.807, 2.05) is 0 Å². The highest BCUT2D eigenvalue weighted by atomic mass is 35.5. The van der Waals surface area contributed by atoms with Crippen molar-refractivity contribution in [3.8, 4) is 11.5 Å². The van der Waals surface area contributed by atoms with Crippen LogP contribution >= 0.6 is 11.6 Å². The molecule has 1 aromatic rings. The summed E-state index contributed by atoms with van der Waals surface area (Å²) in [6.45, 7) is 0.413. The van der Waals surface area contributed by atoms with Gasteiger partial charge in [0.1, 0.15) is 6.10 Å². The van der Waals surface area contributed by atoms with E-state index in [-0.39, 0.29) is 13.3 Å². The van der Waals surface area contributed by atoms with Gasteiger partial charge in [-0.25, -0.2) is 0 Å².